The highest BCUT2D eigenvalue weighted by Crippen LogP contribution is 2.11. The summed E-state index contributed by atoms with van der Waals surface area (Å²) in [6.45, 7) is 8.61. The molecule has 3 aromatic rings. The van der Waals surface area contributed by atoms with E-state index >= 15 is 0 Å². The minimum absolute atomic E-state index is 0.541. The fourth-order valence-electron chi connectivity index (χ4n) is 2.86. The Balaban J connectivity index is 1.53. The van der Waals surface area contributed by atoms with Crippen LogP contribution in [0.1, 0.15) is 23.9 Å². The van der Waals surface area contributed by atoms with E-state index in [2.05, 4.69) is 25.7 Å². The summed E-state index contributed by atoms with van der Waals surface area (Å²) in [5.41, 5.74) is 3.08. The molecule has 7 nitrogen and oxygen atoms in total. The van der Waals surface area contributed by atoms with Crippen molar-refractivity contribution < 1.29 is 4.74 Å². The molecule has 29 heavy (non-hydrogen) atoms. The van der Waals surface area contributed by atoms with Crippen molar-refractivity contribution >= 4 is 5.96 Å². The fraction of sp³-hybridized carbons (Fsp3) is 0.318. The first-order valence-electron chi connectivity index (χ1n) is 9.84. The van der Waals surface area contributed by atoms with Crippen LogP contribution < -0.4 is 15.4 Å². The van der Waals surface area contributed by atoms with Gasteiger partial charge in [0.2, 0.25) is 0 Å². The van der Waals surface area contributed by atoms with Gasteiger partial charge in [-0.1, -0.05) is 24.3 Å². The normalized spacial score (nSPS) is 11.3. The molecule has 1 aromatic carbocycles. The summed E-state index contributed by atoms with van der Waals surface area (Å²) in [6.07, 6.45) is 1.84. The third-order valence-electron chi connectivity index (χ3n) is 4.21. The second-order valence-electron chi connectivity index (χ2n) is 6.65. The van der Waals surface area contributed by atoms with E-state index in [9.17, 15) is 0 Å². The quantitative estimate of drug-likeness (QED) is 0.350. The number of ether oxygens (including phenoxy) is 1. The van der Waals surface area contributed by atoms with Crippen molar-refractivity contribution in [2.24, 2.45) is 4.99 Å². The van der Waals surface area contributed by atoms with E-state index in [0.29, 0.717) is 19.7 Å². The number of aryl methyl sites for hydroxylation is 2. The maximum absolute atomic E-state index is 5.70. The first kappa shape index (κ1) is 20.4. The zero-order chi connectivity index (χ0) is 20.5. The predicted molar refractivity (Wildman–Crippen MR) is 116 cm³/mol. The molecule has 0 atom stereocenters. The van der Waals surface area contributed by atoms with Gasteiger partial charge in [0.05, 0.1) is 18.8 Å². The minimum atomic E-state index is 0.541. The number of nitrogens with zero attached hydrogens (tertiary/aromatic N) is 4. The van der Waals surface area contributed by atoms with E-state index < -0.39 is 0 Å². The van der Waals surface area contributed by atoms with Crippen molar-refractivity contribution in [3.8, 4) is 11.6 Å². The Morgan fingerprint density at radius 3 is 2.59 bits per heavy atom. The van der Waals surface area contributed by atoms with Crippen molar-refractivity contribution in [2.45, 2.75) is 27.3 Å². The fourth-order valence-corrected chi connectivity index (χ4v) is 2.86. The van der Waals surface area contributed by atoms with Crippen LogP contribution in [-0.4, -0.2) is 40.4 Å². The first-order valence-corrected chi connectivity index (χ1v) is 9.84. The molecule has 7 heteroatoms. The molecule has 3 rings (SSSR count). The van der Waals surface area contributed by atoms with Crippen LogP contribution in [0, 0.1) is 13.8 Å². The van der Waals surface area contributed by atoms with Gasteiger partial charge < -0.3 is 15.4 Å². The Bertz CT molecular complexity index is 918. The molecule has 2 aromatic heterocycles. The van der Waals surface area contributed by atoms with Crippen molar-refractivity contribution in [3.05, 3.63) is 71.7 Å². The predicted octanol–water partition coefficient (Wildman–Crippen LogP) is 3.02. The lowest BCUT2D eigenvalue weighted by Gasteiger charge is -2.12. The maximum atomic E-state index is 5.70. The monoisotopic (exact) mass is 392 g/mol. The number of benzene rings is 1. The van der Waals surface area contributed by atoms with Crippen LogP contribution in [0.15, 0.2) is 59.7 Å². The number of aromatic nitrogens is 3. The van der Waals surface area contributed by atoms with E-state index in [1.807, 2.05) is 80.2 Å². The van der Waals surface area contributed by atoms with Crippen LogP contribution in [0.4, 0.5) is 0 Å². The van der Waals surface area contributed by atoms with Crippen molar-refractivity contribution in [3.63, 3.8) is 0 Å². The standard InChI is InChI=1S/C22H28N6O/c1-4-23-22(24-12-13-29-20-8-6-5-7-9-20)26-16-19-10-11-21(25-15-19)28-18(3)14-17(2)27-28/h5-11,14-15H,4,12-13,16H2,1-3H3,(H2,23,24,26). The molecule has 0 amide bonds. The number of pyridine rings is 1. The van der Waals surface area contributed by atoms with E-state index in [1.165, 1.54) is 0 Å². The molecule has 0 radical (unpaired) electrons. The molecule has 0 spiro atoms. The first-order chi connectivity index (χ1) is 14.2. The third kappa shape index (κ3) is 6.07. The number of hydrogen-bond acceptors (Lipinski definition) is 4. The Morgan fingerprint density at radius 1 is 1.10 bits per heavy atom. The topological polar surface area (TPSA) is 76.4 Å². The molecule has 0 saturated carbocycles. The number of hydrogen-bond donors (Lipinski definition) is 2. The molecule has 0 aliphatic heterocycles. The van der Waals surface area contributed by atoms with E-state index in [-0.39, 0.29) is 0 Å². The van der Waals surface area contributed by atoms with Crippen LogP contribution >= 0.6 is 0 Å². The highest BCUT2D eigenvalue weighted by molar-refractivity contribution is 5.79. The summed E-state index contributed by atoms with van der Waals surface area (Å²) in [4.78, 5) is 9.16. The molecule has 2 N–H and O–H groups in total. The van der Waals surface area contributed by atoms with Crippen molar-refractivity contribution in [2.75, 3.05) is 19.7 Å². The summed E-state index contributed by atoms with van der Waals surface area (Å²) in [6, 6.07) is 15.8. The number of guanidine groups is 1. The molecular weight excluding hydrogens is 364 g/mol. The van der Waals surface area contributed by atoms with Gasteiger partial charge in [-0.3, -0.25) is 0 Å². The molecule has 0 fully saturated rings. The van der Waals surface area contributed by atoms with Crippen LogP contribution in [-0.2, 0) is 6.54 Å². The lowest BCUT2D eigenvalue weighted by molar-refractivity contribution is 0.322. The zero-order valence-corrected chi connectivity index (χ0v) is 17.2. The van der Waals surface area contributed by atoms with E-state index in [0.717, 1.165) is 41.0 Å². The minimum Gasteiger partial charge on any atom is -0.492 e. The lowest BCUT2D eigenvalue weighted by atomic mass is 10.3. The van der Waals surface area contributed by atoms with Crippen LogP contribution in [0.2, 0.25) is 0 Å². The zero-order valence-electron chi connectivity index (χ0n) is 17.2. The number of aliphatic imine (C=N–C) groups is 1. The molecule has 0 unspecified atom stereocenters. The molecule has 0 aliphatic carbocycles. The average Bonchev–Trinajstić information content (AvgIpc) is 3.08. The van der Waals surface area contributed by atoms with Gasteiger partial charge in [-0.2, -0.15) is 5.10 Å². The number of nitrogens with one attached hydrogen (secondary N) is 2. The van der Waals surface area contributed by atoms with E-state index in [1.54, 1.807) is 0 Å². The summed E-state index contributed by atoms with van der Waals surface area (Å²) in [5, 5.41) is 11.0. The molecule has 152 valence electrons. The molecular formula is C22H28N6O. The average molecular weight is 393 g/mol. The number of para-hydroxylation sites is 1. The summed E-state index contributed by atoms with van der Waals surface area (Å²) < 4.78 is 7.55. The van der Waals surface area contributed by atoms with Gasteiger partial charge >= 0.3 is 0 Å². The Kier molecular flexibility index (Phi) is 7.22. The van der Waals surface area contributed by atoms with Gasteiger partial charge in [-0.15, -0.1) is 0 Å². The summed E-state index contributed by atoms with van der Waals surface area (Å²) >= 11 is 0. The van der Waals surface area contributed by atoms with Crippen LogP contribution in [0.5, 0.6) is 5.75 Å². The van der Waals surface area contributed by atoms with Crippen molar-refractivity contribution in [1.82, 2.24) is 25.4 Å². The Labute approximate surface area is 171 Å². The molecule has 0 bridgehead atoms. The van der Waals surface area contributed by atoms with Crippen molar-refractivity contribution in [1.29, 1.82) is 0 Å². The van der Waals surface area contributed by atoms with Gasteiger partial charge in [-0.25, -0.2) is 14.7 Å². The van der Waals surface area contributed by atoms with Gasteiger partial charge in [0.1, 0.15) is 12.4 Å². The highest BCUT2D eigenvalue weighted by Gasteiger charge is 2.05. The van der Waals surface area contributed by atoms with Gasteiger partial charge in [-0.05, 0) is 50.6 Å². The smallest absolute Gasteiger partial charge is 0.191 e. The maximum Gasteiger partial charge on any atom is 0.191 e. The van der Waals surface area contributed by atoms with Gasteiger partial charge in [0.25, 0.3) is 0 Å². The third-order valence-corrected chi connectivity index (χ3v) is 4.21. The second kappa shape index (κ2) is 10.3. The molecule has 0 aliphatic rings. The van der Waals surface area contributed by atoms with Gasteiger partial charge in [0.15, 0.2) is 11.8 Å². The van der Waals surface area contributed by atoms with E-state index in [4.69, 9.17) is 4.74 Å². The SMILES string of the molecule is CCNC(=NCc1ccc(-n2nc(C)cc2C)nc1)NCCOc1ccccc1. The number of rotatable bonds is 8. The molecule has 0 saturated heterocycles. The van der Waals surface area contributed by atoms with Gasteiger partial charge in [0, 0.05) is 18.4 Å². The Hall–Kier alpha value is -3.35. The van der Waals surface area contributed by atoms with Crippen LogP contribution in [0.25, 0.3) is 5.82 Å². The largest absolute Gasteiger partial charge is 0.492 e. The summed E-state index contributed by atoms with van der Waals surface area (Å²) in [5.74, 6) is 2.43. The molecule has 2 heterocycles. The second-order valence-corrected chi connectivity index (χ2v) is 6.65. The lowest BCUT2D eigenvalue weighted by Crippen LogP contribution is -2.39. The highest BCUT2D eigenvalue weighted by atomic mass is 16.5. The Morgan fingerprint density at radius 2 is 1.93 bits per heavy atom. The summed E-state index contributed by atoms with van der Waals surface area (Å²) in [7, 11) is 0. The van der Waals surface area contributed by atoms with Crippen LogP contribution in [0.3, 0.4) is 0 Å².